The first kappa shape index (κ1) is 5.76. The minimum Gasteiger partial charge on any atom is -0.378 e. The van der Waals surface area contributed by atoms with Gasteiger partial charge < -0.3 is 9.53 Å². The summed E-state index contributed by atoms with van der Waals surface area (Å²) in [7, 11) is 0. The predicted octanol–water partition coefficient (Wildman–Crippen LogP) is 0.754. The van der Waals surface area contributed by atoms with Crippen molar-refractivity contribution in [1.29, 1.82) is 0 Å². The SMILES string of the molecule is O=CC[C@@H]1CCCO1. The van der Waals surface area contributed by atoms with Gasteiger partial charge in [0.25, 0.3) is 0 Å². The summed E-state index contributed by atoms with van der Waals surface area (Å²) in [5.74, 6) is 0. The first-order valence-corrected chi connectivity index (χ1v) is 2.98. The number of aldehydes is 1. The number of hydrogen-bond acceptors (Lipinski definition) is 2. The summed E-state index contributed by atoms with van der Waals surface area (Å²) >= 11 is 0. The van der Waals surface area contributed by atoms with Crippen LogP contribution in [-0.2, 0) is 9.53 Å². The molecule has 1 rings (SSSR count). The Kier molecular flexibility index (Phi) is 2.03. The molecular weight excluding hydrogens is 104 g/mol. The second-order valence-corrected chi connectivity index (χ2v) is 2.04. The van der Waals surface area contributed by atoms with Crippen LogP contribution in [0.1, 0.15) is 19.3 Å². The van der Waals surface area contributed by atoms with Crippen molar-refractivity contribution in [3.63, 3.8) is 0 Å². The van der Waals surface area contributed by atoms with Crippen LogP contribution in [0.3, 0.4) is 0 Å². The molecule has 46 valence electrons. The van der Waals surface area contributed by atoms with Crippen molar-refractivity contribution in [3.05, 3.63) is 0 Å². The van der Waals surface area contributed by atoms with Gasteiger partial charge in [-0.3, -0.25) is 0 Å². The molecule has 1 aliphatic rings. The molecule has 0 unspecified atom stereocenters. The molecule has 1 aliphatic heterocycles. The number of carbonyl (C=O) groups excluding carboxylic acids is 1. The normalized spacial score (nSPS) is 28.2. The molecule has 0 amide bonds. The summed E-state index contributed by atoms with van der Waals surface area (Å²) in [5.41, 5.74) is 0. The van der Waals surface area contributed by atoms with Gasteiger partial charge in [0, 0.05) is 13.0 Å². The maximum absolute atomic E-state index is 9.88. The monoisotopic (exact) mass is 114 g/mol. The fraction of sp³-hybridized carbons (Fsp3) is 0.833. The third-order valence-corrected chi connectivity index (χ3v) is 1.38. The van der Waals surface area contributed by atoms with Gasteiger partial charge in [0.05, 0.1) is 6.10 Å². The third kappa shape index (κ3) is 1.30. The topological polar surface area (TPSA) is 26.3 Å². The van der Waals surface area contributed by atoms with E-state index in [-0.39, 0.29) is 6.10 Å². The van der Waals surface area contributed by atoms with E-state index in [0.717, 1.165) is 25.7 Å². The maximum Gasteiger partial charge on any atom is 0.122 e. The first-order chi connectivity index (χ1) is 3.93. The molecule has 2 heteroatoms. The molecule has 0 aromatic rings. The van der Waals surface area contributed by atoms with E-state index in [2.05, 4.69) is 0 Å². The van der Waals surface area contributed by atoms with Gasteiger partial charge in [-0.25, -0.2) is 0 Å². The smallest absolute Gasteiger partial charge is 0.122 e. The molecule has 1 fully saturated rings. The van der Waals surface area contributed by atoms with Gasteiger partial charge in [0.15, 0.2) is 0 Å². The van der Waals surface area contributed by atoms with Crippen molar-refractivity contribution in [2.24, 2.45) is 0 Å². The van der Waals surface area contributed by atoms with Crippen molar-refractivity contribution >= 4 is 6.29 Å². The summed E-state index contributed by atoms with van der Waals surface area (Å²) < 4.78 is 5.16. The van der Waals surface area contributed by atoms with Crippen molar-refractivity contribution in [2.45, 2.75) is 25.4 Å². The molecule has 1 saturated heterocycles. The van der Waals surface area contributed by atoms with Crippen LogP contribution < -0.4 is 0 Å². The molecule has 0 radical (unpaired) electrons. The molecule has 8 heavy (non-hydrogen) atoms. The van der Waals surface area contributed by atoms with Crippen LogP contribution in [0.15, 0.2) is 0 Å². The molecule has 2 nitrogen and oxygen atoms in total. The van der Waals surface area contributed by atoms with Gasteiger partial charge in [-0.2, -0.15) is 0 Å². The third-order valence-electron chi connectivity index (χ3n) is 1.38. The Labute approximate surface area is 48.8 Å². The van der Waals surface area contributed by atoms with Crippen molar-refractivity contribution in [1.82, 2.24) is 0 Å². The van der Waals surface area contributed by atoms with Crippen LogP contribution in [0.5, 0.6) is 0 Å². The van der Waals surface area contributed by atoms with Crippen LogP contribution in [-0.4, -0.2) is 19.0 Å². The van der Waals surface area contributed by atoms with Crippen molar-refractivity contribution in [2.75, 3.05) is 6.61 Å². The van der Waals surface area contributed by atoms with Crippen LogP contribution in [0, 0.1) is 0 Å². The average Bonchev–Trinajstić information content (AvgIpc) is 2.19. The lowest BCUT2D eigenvalue weighted by molar-refractivity contribution is -0.109. The molecular formula is C6H10O2. The molecule has 1 atom stereocenters. The highest BCUT2D eigenvalue weighted by molar-refractivity contribution is 5.50. The molecule has 0 saturated carbocycles. The fourth-order valence-corrected chi connectivity index (χ4v) is 0.938. The van der Waals surface area contributed by atoms with E-state index in [1.165, 1.54) is 0 Å². The summed E-state index contributed by atoms with van der Waals surface area (Å²) in [5, 5.41) is 0. The largest absolute Gasteiger partial charge is 0.378 e. The Balaban J connectivity index is 2.14. The Morgan fingerprint density at radius 1 is 1.75 bits per heavy atom. The second kappa shape index (κ2) is 2.82. The zero-order chi connectivity index (χ0) is 5.82. The maximum atomic E-state index is 9.88. The van der Waals surface area contributed by atoms with E-state index >= 15 is 0 Å². The standard InChI is InChI=1S/C6H10O2/c7-4-3-6-2-1-5-8-6/h4,6H,1-3,5H2/t6-/m0/s1. The molecule has 0 aromatic carbocycles. The molecule has 0 aliphatic carbocycles. The lowest BCUT2D eigenvalue weighted by Gasteiger charge is -2.00. The zero-order valence-electron chi connectivity index (χ0n) is 4.80. The van der Waals surface area contributed by atoms with E-state index in [1.807, 2.05) is 0 Å². The van der Waals surface area contributed by atoms with Crippen molar-refractivity contribution in [3.8, 4) is 0 Å². The highest BCUT2D eigenvalue weighted by atomic mass is 16.5. The quantitative estimate of drug-likeness (QED) is 0.495. The Morgan fingerprint density at radius 3 is 3.12 bits per heavy atom. The fourth-order valence-electron chi connectivity index (χ4n) is 0.938. The molecule has 0 bridgehead atoms. The number of carbonyl (C=O) groups is 1. The van der Waals surface area contributed by atoms with Gasteiger partial charge in [-0.1, -0.05) is 0 Å². The molecule has 1 heterocycles. The summed E-state index contributed by atoms with van der Waals surface area (Å²) in [4.78, 5) is 9.88. The second-order valence-electron chi connectivity index (χ2n) is 2.04. The molecule has 0 N–H and O–H groups in total. The minimum absolute atomic E-state index is 0.243. The minimum atomic E-state index is 0.243. The van der Waals surface area contributed by atoms with Crippen LogP contribution in [0.25, 0.3) is 0 Å². The van der Waals surface area contributed by atoms with Crippen molar-refractivity contribution < 1.29 is 9.53 Å². The van der Waals surface area contributed by atoms with Gasteiger partial charge >= 0.3 is 0 Å². The molecule has 0 spiro atoms. The van der Waals surface area contributed by atoms with Crippen LogP contribution >= 0.6 is 0 Å². The van der Waals surface area contributed by atoms with E-state index in [4.69, 9.17) is 4.74 Å². The van der Waals surface area contributed by atoms with E-state index in [0.29, 0.717) is 6.42 Å². The lowest BCUT2D eigenvalue weighted by Crippen LogP contribution is -2.03. The average molecular weight is 114 g/mol. The predicted molar refractivity (Wildman–Crippen MR) is 29.7 cm³/mol. The first-order valence-electron chi connectivity index (χ1n) is 2.98. The zero-order valence-corrected chi connectivity index (χ0v) is 4.80. The summed E-state index contributed by atoms with van der Waals surface area (Å²) in [6.45, 7) is 0.846. The highest BCUT2D eigenvalue weighted by Gasteiger charge is 2.13. The van der Waals surface area contributed by atoms with Crippen LogP contribution in [0.4, 0.5) is 0 Å². The van der Waals surface area contributed by atoms with Gasteiger partial charge in [0.2, 0.25) is 0 Å². The van der Waals surface area contributed by atoms with E-state index in [1.54, 1.807) is 0 Å². The summed E-state index contributed by atoms with van der Waals surface area (Å²) in [6.07, 6.45) is 3.94. The lowest BCUT2D eigenvalue weighted by atomic mass is 10.2. The number of rotatable bonds is 2. The number of ether oxygens (including phenoxy) is 1. The van der Waals surface area contributed by atoms with Gasteiger partial charge in [-0.15, -0.1) is 0 Å². The van der Waals surface area contributed by atoms with E-state index < -0.39 is 0 Å². The number of hydrogen-bond donors (Lipinski definition) is 0. The Morgan fingerprint density at radius 2 is 2.62 bits per heavy atom. The Bertz CT molecular complexity index is 74.6. The van der Waals surface area contributed by atoms with E-state index in [9.17, 15) is 4.79 Å². The van der Waals surface area contributed by atoms with Gasteiger partial charge in [-0.05, 0) is 12.8 Å². The summed E-state index contributed by atoms with van der Waals surface area (Å²) in [6, 6.07) is 0. The Hall–Kier alpha value is -0.370. The van der Waals surface area contributed by atoms with Crippen LogP contribution in [0.2, 0.25) is 0 Å². The molecule has 0 aromatic heterocycles. The highest BCUT2D eigenvalue weighted by Crippen LogP contribution is 2.13. The van der Waals surface area contributed by atoms with Gasteiger partial charge in [0.1, 0.15) is 6.29 Å².